The van der Waals surface area contributed by atoms with Crippen LogP contribution >= 0.6 is 0 Å². The summed E-state index contributed by atoms with van der Waals surface area (Å²) in [6.45, 7) is 3.12. The van der Waals surface area contributed by atoms with Crippen LogP contribution in [0.25, 0.3) is 0 Å². The smallest absolute Gasteiger partial charge is 0.302 e. The lowest BCUT2D eigenvalue weighted by molar-refractivity contribution is -0.145. The first kappa shape index (κ1) is 8.14. The van der Waals surface area contributed by atoms with Crippen molar-refractivity contribution in [2.24, 2.45) is 0 Å². The molecule has 0 aliphatic carbocycles. The molecule has 0 saturated heterocycles. The maximum Gasteiger partial charge on any atom is 0.302 e. The lowest BCUT2D eigenvalue weighted by atomic mass is 10.3. The van der Waals surface area contributed by atoms with Gasteiger partial charge < -0.3 is 10.1 Å². The molecule has 0 bridgehead atoms. The van der Waals surface area contributed by atoms with E-state index in [-0.39, 0.29) is 12.1 Å². The Labute approximate surface area is 54.5 Å². The summed E-state index contributed by atoms with van der Waals surface area (Å²) in [5.41, 5.74) is 0. The summed E-state index contributed by atoms with van der Waals surface area (Å²) in [5.74, 6) is -0.288. The van der Waals surface area contributed by atoms with Crippen molar-refractivity contribution in [3.8, 4) is 0 Å². The number of esters is 1. The van der Waals surface area contributed by atoms with Crippen LogP contribution in [-0.2, 0) is 9.53 Å². The largest absolute Gasteiger partial charge is 0.462 e. The van der Waals surface area contributed by atoms with Crippen molar-refractivity contribution in [2.75, 3.05) is 0 Å². The van der Waals surface area contributed by atoms with Gasteiger partial charge in [0.2, 0.25) is 0 Å². The normalized spacial score (nSPS) is 12.2. The van der Waals surface area contributed by atoms with Gasteiger partial charge in [-0.2, -0.15) is 0 Å². The lowest BCUT2D eigenvalue weighted by Crippen LogP contribution is -2.11. The first-order valence-electron chi connectivity index (χ1n) is 2.83. The second-order valence-corrected chi connectivity index (χ2v) is 1.86. The molecule has 3 heteroatoms. The summed E-state index contributed by atoms with van der Waals surface area (Å²) in [7, 11) is 0. The minimum Gasteiger partial charge on any atom is -0.462 e. The van der Waals surface area contributed by atoms with Crippen molar-refractivity contribution in [1.82, 2.24) is 0 Å². The second kappa shape index (κ2) is 4.06. The van der Waals surface area contributed by atoms with E-state index in [1.165, 1.54) is 13.1 Å². The summed E-state index contributed by atoms with van der Waals surface area (Å²) >= 11 is 0. The monoisotopic (exact) mass is 129 g/mol. The van der Waals surface area contributed by atoms with Crippen LogP contribution in [0.5, 0.6) is 0 Å². The van der Waals surface area contributed by atoms with E-state index in [2.05, 4.69) is 0 Å². The van der Waals surface area contributed by atoms with Crippen molar-refractivity contribution < 1.29 is 9.53 Å². The van der Waals surface area contributed by atoms with E-state index in [4.69, 9.17) is 10.1 Å². The molecule has 0 spiro atoms. The third-order valence-corrected chi connectivity index (χ3v) is 0.817. The van der Waals surface area contributed by atoms with Gasteiger partial charge in [-0.25, -0.2) is 0 Å². The van der Waals surface area contributed by atoms with Crippen LogP contribution in [-0.4, -0.2) is 18.3 Å². The van der Waals surface area contributed by atoms with Gasteiger partial charge in [-0.15, -0.1) is 0 Å². The summed E-state index contributed by atoms with van der Waals surface area (Å²) in [5, 5.41) is 6.66. The van der Waals surface area contributed by atoms with Gasteiger partial charge in [-0.1, -0.05) is 0 Å². The Bertz CT molecular complexity index is 112. The fourth-order valence-electron chi connectivity index (χ4n) is 0.497. The molecule has 1 N–H and O–H groups in total. The van der Waals surface area contributed by atoms with Crippen molar-refractivity contribution in [1.29, 1.82) is 5.41 Å². The molecule has 0 rings (SSSR count). The Morgan fingerprint density at radius 3 is 2.78 bits per heavy atom. The zero-order chi connectivity index (χ0) is 7.28. The van der Waals surface area contributed by atoms with E-state index in [1.54, 1.807) is 6.92 Å². The molecule has 1 unspecified atom stereocenters. The minimum atomic E-state index is -0.288. The van der Waals surface area contributed by atoms with Crippen LogP contribution in [0.3, 0.4) is 0 Å². The maximum atomic E-state index is 10.2. The molecule has 0 fully saturated rings. The van der Waals surface area contributed by atoms with Crippen LogP contribution < -0.4 is 0 Å². The second-order valence-electron chi connectivity index (χ2n) is 1.86. The minimum absolute atomic E-state index is 0.153. The number of rotatable bonds is 3. The van der Waals surface area contributed by atoms with Gasteiger partial charge in [-0.3, -0.25) is 4.79 Å². The third-order valence-electron chi connectivity index (χ3n) is 0.817. The van der Waals surface area contributed by atoms with Crippen LogP contribution in [0.1, 0.15) is 20.3 Å². The van der Waals surface area contributed by atoms with E-state index in [0.717, 1.165) is 0 Å². The lowest BCUT2D eigenvalue weighted by Gasteiger charge is -2.06. The van der Waals surface area contributed by atoms with Crippen LogP contribution in [0, 0.1) is 5.41 Å². The van der Waals surface area contributed by atoms with Crippen molar-refractivity contribution in [3.05, 3.63) is 0 Å². The summed E-state index contributed by atoms with van der Waals surface area (Å²) in [6, 6.07) is 0. The fourth-order valence-corrected chi connectivity index (χ4v) is 0.497. The Morgan fingerprint density at radius 1 is 1.89 bits per heavy atom. The number of hydrogen-bond acceptors (Lipinski definition) is 3. The molecule has 0 amide bonds. The molecule has 0 aliphatic rings. The molecule has 0 saturated carbocycles. The van der Waals surface area contributed by atoms with Gasteiger partial charge >= 0.3 is 5.97 Å². The average molecular weight is 129 g/mol. The van der Waals surface area contributed by atoms with E-state index < -0.39 is 0 Å². The predicted molar refractivity (Wildman–Crippen MR) is 34.6 cm³/mol. The van der Waals surface area contributed by atoms with Crippen molar-refractivity contribution >= 4 is 12.2 Å². The van der Waals surface area contributed by atoms with Gasteiger partial charge in [0.15, 0.2) is 0 Å². The van der Waals surface area contributed by atoms with Gasteiger partial charge in [0.25, 0.3) is 0 Å². The van der Waals surface area contributed by atoms with E-state index >= 15 is 0 Å². The van der Waals surface area contributed by atoms with Gasteiger partial charge in [0.1, 0.15) is 6.10 Å². The topological polar surface area (TPSA) is 50.2 Å². The zero-order valence-corrected chi connectivity index (χ0v) is 5.68. The van der Waals surface area contributed by atoms with E-state index in [9.17, 15) is 4.79 Å². The molecule has 0 radical (unpaired) electrons. The molecule has 1 atom stereocenters. The number of carbonyl (C=O) groups is 1. The highest BCUT2D eigenvalue weighted by Crippen LogP contribution is 1.93. The standard InChI is InChI=1S/C6H11NO2/c1-5(3-4-7)9-6(2)8/h4-5,7H,3H2,1-2H3. The molecule has 52 valence electrons. The average Bonchev–Trinajstić information content (AvgIpc) is 1.63. The van der Waals surface area contributed by atoms with Crippen LogP contribution in [0.4, 0.5) is 0 Å². The van der Waals surface area contributed by atoms with Crippen LogP contribution in [0.15, 0.2) is 0 Å². The number of carbonyl (C=O) groups excluding carboxylic acids is 1. The molecule has 0 aromatic rings. The maximum absolute atomic E-state index is 10.2. The van der Waals surface area contributed by atoms with E-state index in [1.807, 2.05) is 0 Å². The van der Waals surface area contributed by atoms with Crippen molar-refractivity contribution in [3.63, 3.8) is 0 Å². The Kier molecular flexibility index (Phi) is 3.67. The quantitative estimate of drug-likeness (QED) is 0.456. The number of hydrogen-bond donors (Lipinski definition) is 1. The van der Waals surface area contributed by atoms with Gasteiger partial charge in [0.05, 0.1) is 0 Å². The fraction of sp³-hybridized carbons (Fsp3) is 0.667. The Hall–Kier alpha value is -0.860. The Morgan fingerprint density at radius 2 is 2.44 bits per heavy atom. The SMILES string of the molecule is CC(=O)OC(C)CC=N. The number of nitrogens with one attached hydrogen (secondary N) is 1. The van der Waals surface area contributed by atoms with Gasteiger partial charge in [0, 0.05) is 13.3 Å². The summed E-state index contributed by atoms with van der Waals surface area (Å²) < 4.78 is 4.70. The predicted octanol–water partition coefficient (Wildman–Crippen LogP) is 0.978. The summed E-state index contributed by atoms with van der Waals surface area (Å²) in [4.78, 5) is 10.2. The Balaban J connectivity index is 3.37. The molecule has 9 heavy (non-hydrogen) atoms. The molecule has 3 nitrogen and oxygen atoms in total. The zero-order valence-electron chi connectivity index (χ0n) is 5.68. The number of ether oxygens (including phenoxy) is 1. The highest BCUT2D eigenvalue weighted by molar-refractivity contribution is 5.66. The third kappa shape index (κ3) is 5.00. The van der Waals surface area contributed by atoms with Gasteiger partial charge in [-0.05, 0) is 13.1 Å². The van der Waals surface area contributed by atoms with Crippen LogP contribution in [0.2, 0.25) is 0 Å². The van der Waals surface area contributed by atoms with Crippen molar-refractivity contribution in [2.45, 2.75) is 26.4 Å². The molecule has 0 heterocycles. The van der Waals surface area contributed by atoms with E-state index in [0.29, 0.717) is 6.42 Å². The first-order chi connectivity index (χ1) is 4.16. The molecular formula is C6H11NO2. The first-order valence-corrected chi connectivity index (χ1v) is 2.83. The highest BCUT2D eigenvalue weighted by atomic mass is 16.5. The molecule has 0 aromatic heterocycles. The molecule has 0 aromatic carbocycles. The molecule has 0 aliphatic heterocycles. The molecular weight excluding hydrogens is 118 g/mol. The highest BCUT2D eigenvalue weighted by Gasteiger charge is 2.00. The summed E-state index contributed by atoms with van der Waals surface area (Å²) in [6.07, 6.45) is 1.58.